The summed E-state index contributed by atoms with van der Waals surface area (Å²) in [5.41, 5.74) is 0. The molecule has 1 aromatic heterocycles. The van der Waals surface area contributed by atoms with Crippen molar-refractivity contribution in [3.63, 3.8) is 0 Å². The van der Waals surface area contributed by atoms with Crippen molar-refractivity contribution in [3.05, 3.63) is 21.9 Å². The lowest BCUT2D eigenvalue weighted by molar-refractivity contribution is 0.410. The van der Waals surface area contributed by atoms with Gasteiger partial charge in [0, 0.05) is 22.3 Å². The SMILES string of the molecule is CCCC1CCCC(NCc2ccc(C)s2)CC1. The molecule has 1 heterocycles. The van der Waals surface area contributed by atoms with E-state index >= 15 is 0 Å². The molecule has 2 heteroatoms. The highest BCUT2D eigenvalue weighted by Gasteiger charge is 2.17. The lowest BCUT2D eigenvalue weighted by Gasteiger charge is -2.16. The van der Waals surface area contributed by atoms with E-state index in [1.165, 1.54) is 54.7 Å². The van der Waals surface area contributed by atoms with E-state index in [1.54, 1.807) is 0 Å². The van der Waals surface area contributed by atoms with Gasteiger partial charge in [0.25, 0.3) is 0 Å². The predicted octanol–water partition coefficient (Wildman–Crippen LogP) is 4.90. The minimum Gasteiger partial charge on any atom is -0.309 e. The normalized spacial score (nSPS) is 25.0. The van der Waals surface area contributed by atoms with Gasteiger partial charge >= 0.3 is 0 Å². The van der Waals surface area contributed by atoms with Crippen molar-refractivity contribution in [2.45, 2.75) is 71.4 Å². The van der Waals surface area contributed by atoms with Crippen LogP contribution in [0.15, 0.2) is 12.1 Å². The Hall–Kier alpha value is -0.340. The third-order valence-electron chi connectivity index (χ3n) is 4.15. The highest BCUT2D eigenvalue weighted by Crippen LogP contribution is 2.27. The van der Waals surface area contributed by atoms with Crippen LogP contribution in [0.2, 0.25) is 0 Å². The topological polar surface area (TPSA) is 12.0 Å². The van der Waals surface area contributed by atoms with Crippen LogP contribution in [0.3, 0.4) is 0 Å². The Kier molecular flexibility index (Phi) is 5.71. The fourth-order valence-electron chi connectivity index (χ4n) is 3.10. The van der Waals surface area contributed by atoms with Crippen molar-refractivity contribution in [3.8, 4) is 0 Å². The molecule has 0 amide bonds. The minimum atomic E-state index is 0.759. The number of nitrogens with one attached hydrogen (secondary N) is 1. The van der Waals surface area contributed by atoms with E-state index in [4.69, 9.17) is 0 Å². The van der Waals surface area contributed by atoms with Gasteiger partial charge in [-0.15, -0.1) is 11.3 Å². The fraction of sp³-hybridized carbons (Fsp3) is 0.750. The molecule has 1 fully saturated rings. The molecule has 1 saturated carbocycles. The number of hydrogen-bond acceptors (Lipinski definition) is 2. The van der Waals surface area contributed by atoms with Crippen LogP contribution in [0.5, 0.6) is 0 Å². The molecule has 2 rings (SSSR count). The second-order valence-corrected chi connectivity index (χ2v) is 7.13. The van der Waals surface area contributed by atoms with Crippen molar-refractivity contribution in [2.75, 3.05) is 0 Å². The minimum absolute atomic E-state index is 0.759. The smallest absolute Gasteiger partial charge is 0.0302 e. The number of hydrogen-bond donors (Lipinski definition) is 1. The van der Waals surface area contributed by atoms with Gasteiger partial charge in [-0.05, 0) is 44.2 Å². The average Bonchev–Trinajstić information content (AvgIpc) is 2.64. The van der Waals surface area contributed by atoms with Crippen molar-refractivity contribution in [1.82, 2.24) is 5.32 Å². The Morgan fingerprint density at radius 1 is 1.22 bits per heavy atom. The largest absolute Gasteiger partial charge is 0.309 e. The van der Waals surface area contributed by atoms with Crippen LogP contribution >= 0.6 is 11.3 Å². The third kappa shape index (κ3) is 4.40. The van der Waals surface area contributed by atoms with Gasteiger partial charge in [-0.1, -0.05) is 32.6 Å². The maximum absolute atomic E-state index is 3.76. The van der Waals surface area contributed by atoms with Crippen molar-refractivity contribution in [2.24, 2.45) is 5.92 Å². The lowest BCUT2D eigenvalue weighted by Crippen LogP contribution is -2.27. The van der Waals surface area contributed by atoms with E-state index in [2.05, 4.69) is 31.3 Å². The van der Waals surface area contributed by atoms with E-state index in [0.717, 1.165) is 18.5 Å². The van der Waals surface area contributed by atoms with E-state index in [9.17, 15) is 0 Å². The van der Waals surface area contributed by atoms with Gasteiger partial charge in [0.15, 0.2) is 0 Å². The zero-order chi connectivity index (χ0) is 12.8. The van der Waals surface area contributed by atoms with Crippen LogP contribution < -0.4 is 5.32 Å². The van der Waals surface area contributed by atoms with Gasteiger partial charge in [0.2, 0.25) is 0 Å². The summed E-state index contributed by atoms with van der Waals surface area (Å²) in [6, 6.07) is 5.25. The Morgan fingerprint density at radius 2 is 2.11 bits per heavy atom. The molecule has 0 aromatic carbocycles. The zero-order valence-corrected chi connectivity index (χ0v) is 12.7. The van der Waals surface area contributed by atoms with E-state index in [0.29, 0.717) is 0 Å². The Bertz CT molecular complexity index is 345. The summed E-state index contributed by atoms with van der Waals surface area (Å²) >= 11 is 1.93. The van der Waals surface area contributed by atoms with Gasteiger partial charge in [-0.25, -0.2) is 0 Å². The lowest BCUT2D eigenvalue weighted by atomic mass is 9.95. The summed E-state index contributed by atoms with van der Waals surface area (Å²) in [7, 11) is 0. The van der Waals surface area contributed by atoms with Gasteiger partial charge in [0.1, 0.15) is 0 Å². The predicted molar refractivity (Wildman–Crippen MR) is 81.2 cm³/mol. The van der Waals surface area contributed by atoms with Crippen LogP contribution in [0.1, 0.15) is 61.6 Å². The molecule has 1 aromatic rings. The van der Waals surface area contributed by atoms with Crippen LogP contribution in [0.4, 0.5) is 0 Å². The summed E-state index contributed by atoms with van der Waals surface area (Å²) in [5, 5.41) is 3.76. The van der Waals surface area contributed by atoms with Crippen LogP contribution in [0.25, 0.3) is 0 Å². The molecule has 2 unspecified atom stereocenters. The molecule has 1 aliphatic carbocycles. The molecular formula is C16H27NS. The monoisotopic (exact) mass is 265 g/mol. The molecule has 0 bridgehead atoms. The van der Waals surface area contributed by atoms with Gasteiger partial charge < -0.3 is 5.32 Å². The average molecular weight is 265 g/mol. The molecule has 1 N–H and O–H groups in total. The summed E-state index contributed by atoms with van der Waals surface area (Å²) in [6.45, 7) is 5.58. The Morgan fingerprint density at radius 3 is 2.83 bits per heavy atom. The third-order valence-corrected chi connectivity index (χ3v) is 5.15. The van der Waals surface area contributed by atoms with Gasteiger partial charge in [-0.3, -0.25) is 0 Å². The number of rotatable bonds is 5. The first-order valence-electron chi connectivity index (χ1n) is 7.56. The second kappa shape index (κ2) is 7.30. The fourth-order valence-corrected chi connectivity index (χ4v) is 3.95. The molecule has 1 aliphatic rings. The van der Waals surface area contributed by atoms with Crippen LogP contribution in [-0.4, -0.2) is 6.04 Å². The molecule has 0 saturated heterocycles. The Labute approximate surface area is 116 Å². The highest BCUT2D eigenvalue weighted by molar-refractivity contribution is 7.11. The standard InChI is InChI=1S/C16H27NS/c1-3-5-14-6-4-7-15(10-9-14)17-12-16-11-8-13(2)18-16/h8,11,14-15,17H,3-7,9-10,12H2,1-2H3. The van der Waals surface area contributed by atoms with E-state index in [-0.39, 0.29) is 0 Å². The Balaban J connectivity index is 1.73. The maximum atomic E-state index is 3.76. The maximum Gasteiger partial charge on any atom is 0.0302 e. The van der Waals surface area contributed by atoms with Crippen molar-refractivity contribution in [1.29, 1.82) is 0 Å². The summed E-state index contributed by atoms with van der Waals surface area (Å²) < 4.78 is 0. The molecule has 0 spiro atoms. The first kappa shape index (κ1) is 14.1. The first-order chi connectivity index (χ1) is 8.78. The number of aryl methyl sites for hydroxylation is 1. The van der Waals surface area contributed by atoms with E-state index in [1.807, 2.05) is 11.3 Å². The zero-order valence-electron chi connectivity index (χ0n) is 11.9. The highest BCUT2D eigenvalue weighted by atomic mass is 32.1. The molecule has 2 atom stereocenters. The summed E-state index contributed by atoms with van der Waals surface area (Å²) in [6.07, 6.45) is 9.89. The van der Waals surface area contributed by atoms with Crippen LogP contribution in [0, 0.1) is 12.8 Å². The van der Waals surface area contributed by atoms with Crippen LogP contribution in [-0.2, 0) is 6.54 Å². The number of thiophene rings is 1. The molecule has 0 radical (unpaired) electrons. The quantitative estimate of drug-likeness (QED) is 0.747. The first-order valence-corrected chi connectivity index (χ1v) is 8.38. The molecule has 102 valence electrons. The second-order valence-electron chi connectivity index (χ2n) is 5.75. The molecule has 18 heavy (non-hydrogen) atoms. The van der Waals surface area contributed by atoms with Crippen molar-refractivity contribution >= 4 is 11.3 Å². The summed E-state index contributed by atoms with van der Waals surface area (Å²) in [4.78, 5) is 2.91. The summed E-state index contributed by atoms with van der Waals surface area (Å²) in [5.74, 6) is 1.01. The molecule has 1 nitrogen and oxygen atoms in total. The van der Waals surface area contributed by atoms with Crippen molar-refractivity contribution < 1.29 is 0 Å². The molecule has 0 aliphatic heterocycles. The molecular weight excluding hydrogens is 238 g/mol. The van der Waals surface area contributed by atoms with E-state index < -0.39 is 0 Å². The van der Waals surface area contributed by atoms with Gasteiger partial charge in [-0.2, -0.15) is 0 Å². The van der Waals surface area contributed by atoms with Gasteiger partial charge in [0.05, 0.1) is 0 Å².